The van der Waals surface area contributed by atoms with Crippen LogP contribution in [-0.2, 0) is 9.53 Å². The molecule has 9 heteroatoms. The highest BCUT2D eigenvalue weighted by Crippen LogP contribution is 2.47. The molecule has 1 aromatic carbocycles. The molecular weight excluding hydrogens is 420 g/mol. The minimum atomic E-state index is -1.01. The molecule has 2 aromatic rings. The van der Waals surface area contributed by atoms with Crippen LogP contribution in [0.25, 0.3) is 0 Å². The third-order valence-electron chi connectivity index (χ3n) is 6.64. The number of piperidine rings is 1. The molecule has 3 fully saturated rings. The first-order valence-corrected chi connectivity index (χ1v) is 10.7. The molecule has 2 amide bonds. The monoisotopic (exact) mass is 443 g/mol. The lowest BCUT2D eigenvalue weighted by molar-refractivity contribution is -0.142. The van der Waals surface area contributed by atoms with Gasteiger partial charge in [0.2, 0.25) is 5.88 Å². The Morgan fingerprint density at radius 1 is 1.19 bits per heavy atom. The van der Waals surface area contributed by atoms with E-state index in [1.807, 2.05) is 0 Å². The zero-order chi connectivity index (χ0) is 22.5. The maximum Gasteiger partial charge on any atom is 0.259 e. The first-order chi connectivity index (χ1) is 15.4. The number of pyridine rings is 1. The number of nitrogens with zero attached hydrogens (tertiary/aromatic N) is 3. The highest BCUT2D eigenvalue weighted by molar-refractivity contribution is 5.97. The Bertz CT molecular complexity index is 1050. The minimum Gasteiger partial charge on any atom is -0.480 e. The van der Waals surface area contributed by atoms with Crippen molar-refractivity contribution < 1.29 is 27.8 Å². The molecule has 0 N–H and O–H groups in total. The number of halogens is 2. The predicted octanol–water partition coefficient (Wildman–Crippen LogP) is 3.06. The van der Waals surface area contributed by atoms with Gasteiger partial charge in [-0.05, 0) is 42.7 Å². The molecular formula is C23H23F2N3O4. The fraction of sp³-hybridized carbons (Fsp3) is 0.435. The van der Waals surface area contributed by atoms with E-state index in [1.165, 1.54) is 19.2 Å². The van der Waals surface area contributed by atoms with Gasteiger partial charge in [-0.15, -0.1) is 0 Å². The van der Waals surface area contributed by atoms with E-state index in [4.69, 9.17) is 9.47 Å². The molecule has 7 nitrogen and oxygen atoms in total. The maximum atomic E-state index is 13.8. The average Bonchev–Trinajstić information content (AvgIpc) is 3.31. The normalized spacial score (nSPS) is 24.2. The van der Waals surface area contributed by atoms with Crippen molar-refractivity contribution in [3.8, 4) is 5.88 Å². The summed E-state index contributed by atoms with van der Waals surface area (Å²) in [4.78, 5) is 33.8. The molecule has 3 saturated heterocycles. The Balaban J connectivity index is 1.32. The molecule has 32 heavy (non-hydrogen) atoms. The molecule has 0 bridgehead atoms. The van der Waals surface area contributed by atoms with Crippen LogP contribution >= 0.6 is 0 Å². The first kappa shape index (κ1) is 20.8. The van der Waals surface area contributed by atoms with Crippen molar-refractivity contribution in [1.29, 1.82) is 0 Å². The van der Waals surface area contributed by atoms with Gasteiger partial charge in [0.05, 0.1) is 13.2 Å². The Hall–Kier alpha value is -3.07. The molecule has 4 heterocycles. The topological polar surface area (TPSA) is 72.0 Å². The highest BCUT2D eigenvalue weighted by atomic mass is 19.1. The Kier molecular flexibility index (Phi) is 5.08. The van der Waals surface area contributed by atoms with Gasteiger partial charge in [-0.3, -0.25) is 9.59 Å². The van der Waals surface area contributed by atoms with E-state index in [1.54, 1.807) is 28.1 Å². The summed E-state index contributed by atoms with van der Waals surface area (Å²) in [7, 11) is 1.46. The summed E-state index contributed by atoms with van der Waals surface area (Å²) in [5.74, 6) is -1.44. The molecule has 0 aliphatic carbocycles. The summed E-state index contributed by atoms with van der Waals surface area (Å²) in [6.07, 6.45) is 3.04. The number of rotatable bonds is 3. The average molecular weight is 443 g/mol. The van der Waals surface area contributed by atoms with Gasteiger partial charge in [-0.1, -0.05) is 0 Å². The number of benzene rings is 1. The Morgan fingerprint density at radius 3 is 2.59 bits per heavy atom. The van der Waals surface area contributed by atoms with Crippen molar-refractivity contribution in [2.24, 2.45) is 0 Å². The lowest BCUT2D eigenvalue weighted by Gasteiger charge is -2.37. The molecule has 168 valence electrons. The van der Waals surface area contributed by atoms with E-state index in [0.717, 1.165) is 6.07 Å². The predicted molar refractivity (Wildman–Crippen MR) is 109 cm³/mol. The van der Waals surface area contributed by atoms with Crippen LogP contribution in [0.2, 0.25) is 0 Å². The van der Waals surface area contributed by atoms with Gasteiger partial charge in [0, 0.05) is 38.2 Å². The van der Waals surface area contributed by atoms with Crippen molar-refractivity contribution >= 4 is 11.8 Å². The number of aromatic nitrogens is 1. The van der Waals surface area contributed by atoms with Gasteiger partial charge >= 0.3 is 0 Å². The third-order valence-corrected chi connectivity index (χ3v) is 6.64. The molecule has 3 aliphatic heterocycles. The number of amides is 2. The number of fused-ring (bicyclic) bond motifs is 1. The quantitative estimate of drug-likeness (QED) is 0.729. The second kappa shape index (κ2) is 7.81. The number of methoxy groups -OCH3 is 1. The van der Waals surface area contributed by atoms with E-state index < -0.39 is 29.5 Å². The second-order valence-corrected chi connectivity index (χ2v) is 8.43. The SMILES string of the molecule is COc1ncccc1C(=O)N1CCC2(CC1)OC1CC[C@@H](c3cc(F)cc(F)c3)N1C2=O. The zero-order valence-corrected chi connectivity index (χ0v) is 17.6. The van der Waals surface area contributed by atoms with Crippen molar-refractivity contribution in [3.63, 3.8) is 0 Å². The van der Waals surface area contributed by atoms with Crippen LogP contribution in [0.1, 0.15) is 47.6 Å². The molecule has 0 radical (unpaired) electrons. The van der Waals surface area contributed by atoms with E-state index >= 15 is 0 Å². The van der Waals surface area contributed by atoms with Gasteiger partial charge in [-0.25, -0.2) is 13.8 Å². The molecule has 1 spiro atoms. The first-order valence-electron chi connectivity index (χ1n) is 10.7. The van der Waals surface area contributed by atoms with E-state index in [9.17, 15) is 18.4 Å². The van der Waals surface area contributed by atoms with Crippen LogP contribution in [0.4, 0.5) is 8.78 Å². The number of hydrogen-bond donors (Lipinski definition) is 0. The lowest BCUT2D eigenvalue weighted by Crippen LogP contribution is -2.51. The number of hydrogen-bond acceptors (Lipinski definition) is 5. The zero-order valence-electron chi connectivity index (χ0n) is 17.6. The van der Waals surface area contributed by atoms with Crippen LogP contribution in [0.3, 0.4) is 0 Å². The summed E-state index contributed by atoms with van der Waals surface area (Å²) in [6, 6.07) is 6.29. The van der Waals surface area contributed by atoms with E-state index in [0.29, 0.717) is 49.9 Å². The summed E-state index contributed by atoms with van der Waals surface area (Å²) < 4.78 is 38.9. The summed E-state index contributed by atoms with van der Waals surface area (Å²) >= 11 is 0. The van der Waals surface area contributed by atoms with Crippen LogP contribution in [0.5, 0.6) is 5.88 Å². The van der Waals surface area contributed by atoms with Gasteiger partial charge in [0.15, 0.2) is 5.60 Å². The fourth-order valence-electron chi connectivity index (χ4n) is 5.10. The Labute approximate surface area is 183 Å². The van der Waals surface area contributed by atoms with E-state index in [2.05, 4.69) is 4.98 Å². The smallest absolute Gasteiger partial charge is 0.259 e. The highest BCUT2D eigenvalue weighted by Gasteiger charge is 2.58. The third kappa shape index (κ3) is 3.31. The van der Waals surface area contributed by atoms with Crippen molar-refractivity contribution in [3.05, 3.63) is 59.3 Å². The van der Waals surface area contributed by atoms with E-state index in [-0.39, 0.29) is 17.7 Å². The molecule has 3 aliphatic rings. The molecule has 1 unspecified atom stereocenters. The maximum absolute atomic E-state index is 13.8. The van der Waals surface area contributed by atoms with Gasteiger partial charge in [0.1, 0.15) is 23.4 Å². The van der Waals surface area contributed by atoms with Crippen LogP contribution in [0.15, 0.2) is 36.5 Å². The van der Waals surface area contributed by atoms with Gasteiger partial charge in [0.25, 0.3) is 11.8 Å². The van der Waals surface area contributed by atoms with Crippen molar-refractivity contribution in [1.82, 2.24) is 14.8 Å². The largest absolute Gasteiger partial charge is 0.480 e. The second-order valence-electron chi connectivity index (χ2n) is 8.43. The minimum absolute atomic E-state index is 0.166. The number of carbonyl (C=O) groups excluding carboxylic acids is 2. The number of carbonyl (C=O) groups is 2. The van der Waals surface area contributed by atoms with Gasteiger partial charge < -0.3 is 19.3 Å². The van der Waals surface area contributed by atoms with Crippen molar-refractivity contribution in [2.75, 3.05) is 20.2 Å². The van der Waals surface area contributed by atoms with Crippen LogP contribution in [0, 0.1) is 11.6 Å². The Morgan fingerprint density at radius 2 is 1.91 bits per heavy atom. The summed E-state index contributed by atoms with van der Waals surface area (Å²) in [5.41, 5.74) is -0.195. The number of likely N-dealkylation sites (tertiary alicyclic amines) is 1. The summed E-state index contributed by atoms with van der Waals surface area (Å²) in [5, 5.41) is 0. The van der Waals surface area contributed by atoms with Gasteiger partial charge in [-0.2, -0.15) is 0 Å². The fourth-order valence-corrected chi connectivity index (χ4v) is 5.10. The standard InChI is InChI=1S/C23H23F2N3O4/c1-31-20-17(3-2-8-26-20)21(29)27-9-6-23(7-10-27)22(30)28-18(4-5-19(28)32-23)14-11-15(24)13-16(25)12-14/h2-3,8,11-13,18-19H,4-7,9-10H2,1H3/t18-,19?/m0/s1. The molecule has 0 saturated carbocycles. The van der Waals surface area contributed by atoms with Crippen LogP contribution < -0.4 is 4.74 Å². The lowest BCUT2D eigenvalue weighted by atomic mass is 9.89. The summed E-state index contributed by atoms with van der Waals surface area (Å²) in [6.45, 7) is 0.699. The molecule has 2 atom stereocenters. The van der Waals surface area contributed by atoms with Crippen molar-refractivity contribution in [2.45, 2.75) is 43.6 Å². The molecule has 5 rings (SSSR count). The number of ether oxygens (including phenoxy) is 2. The van der Waals surface area contributed by atoms with Crippen LogP contribution in [-0.4, -0.2) is 58.6 Å². The molecule has 1 aromatic heterocycles.